The van der Waals surface area contributed by atoms with Gasteiger partial charge in [-0.1, -0.05) is 13.8 Å². The van der Waals surface area contributed by atoms with Crippen molar-refractivity contribution in [1.29, 1.82) is 0 Å². The van der Waals surface area contributed by atoms with Gasteiger partial charge in [-0.2, -0.15) is 10.2 Å². The molecule has 132 valence electrons. The largest absolute Gasteiger partial charge is 0.378 e. The molecule has 1 saturated heterocycles. The van der Waals surface area contributed by atoms with Gasteiger partial charge in [0.2, 0.25) is 0 Å². The van der Waals surface area contributed by atoms with Gasteiger partial charge < -0.3 is 9.64 Å². The average Bonchev–Trinajstić information content (AvgIpc) is 3.17. The van der Waals surface area contributed by atoms with Gasteiger partial charge in [-0.3, -0.25) is 4.68 Å². The normalized spacial score (nSPS) is 15.4. The maximum Gasteiger partial charge on any atom is 0.178 e. The van der Waals surface area contributed by atoms with Crippen molar-refractivity contribution in [2.75, 3.05) is 31.2 Å². The van der Waals surface area contributed by atoms with Crippen LogP contribution in [0.3, 0.4) is 0 Å². The first-order valence-corrected chi connectivity index (χ1v) is 8.83. The molecule has 0 atom stereocenters. The number of hydrogen-bond donors (Lipinski definition) is 0. The highest BCUT2D eigenvalue weighted by Crippen LogP contribution is 2.28. The maximum atomic E-state index is 5.47. The number of anilines is 1. The molecule has 4 heterocycles. The third-order valence-electron chi connectivity index (χ3n) is 4.48. The number of fused-ring (bicyclic) bond motifs is 1. The van der Waals surface area contributed by atoms with Crippen molar-refractivity contribution in [3.63, 3.8) is 0 Å². The number of imidazole rings is 1. The molecule has 7 heteroatoms. The van der Waals surface area contributed by atoms with Gasteiger partial charge in [0.1, 0.15) is 0 Å². The summed E-state index contributed by atoms with van der Waals surface area (Å²) >= 11 is 0. The van der Waals surface area contributed by atoms with Crippen LogP contribution in [0.15, 0.2) is 24.7 Å². The molecule has 0 N–H and O–H groups in total. The van der Waals surface area contributed by atoms with E-state index >= 15 is 0 Å². The Morgan fingerprint density at radius 3 is 2.76 bits per heavy atom. The van der Waals surface area contributed by atoms with Crippen molar-refractivity contribution in [2.45, 2.75) is 27.3 Å². The Balaban J connectivity index is 1.77. The van der Waals surface area contributed by atoms with Gasteiger partial charge in [0.05, 0.1) is 42.7 Å². The van der Waals surface area contributed by atoms with Crippen molar-refractivity contribution in [1.82, 2.24) is 24.4 Å². The molecule has 3 aromatic heterocycles. The Kier molecular flexibility index (Phi) is 4.17. The fraction of sp³-hybridized carbons (Fsp3) is 0.500. The van der Waals surface area contributed by atoms with E-state index in [1.54, 1.807) is 0 Å². The second-order valence-electron chi connectivity index (χ2n) is 6.94. The zero-order valence-electron chi connectivity index (χ0n) is 15.0. The summed E-state index contributed by atoms with van der Waals surface area (Å²) < 4.78 is 9.40. The number of ether oxygens (including phenoxy) is 1. The molecule has 0 aromatic carbocycles. The summed E-state index contributed by atoms with van der Waals surface area (Å²) in [7, 11) is 0. The van der Waals surface area contributed by atoms with Crippen LogP contribution in [0.1, 0.15) is 19.5 Å². The summed E-state index contributed by atoms with van der Waals surface area (Å²) in [5, 5.41) is 9.06. The van der Waals surface area contributed by atoms with Gasteiger partial charge >= 0.3 is 0 Å². The quantitative estimate of drug-likeness (QED) is 0.730. The van der Waals surface area contributed by atoms with E-state index < -0.39 is 0 Å². The molecule has 7 nitrogen and oxygen atoms in total. The van der Waals surface area contributed by atoms with Crippen molar-refractivity contribution in [2.24, 2.45) is 5.92 Å². The molecule has 0 bridgehead atoms. The Bertz CT molecular complexity index is 875. The summed E-state index contributed by atoms with van der Waals surface area (Å²) in [6.45, 7) is 10.6. The number of hydrogen-bond acceptors (Lipinski definition) is 5. The van der Waals surface area contributed by atoms with E-state index in [0.717, 1.165) is 61.1 Å². The Hall–Kier alpha value is -2.41. The highest BCUT2D eigenvalue weighted by molar-refractivity contribution is 5.74. The Labute approximate surface area is 147 Å². The van der Waals surface area contributed by atoms with Crippen LogP contribution in [0.25, 0.3) is 16.9 Å². The summed E-state index contributed by atoms with van der Waals surface area (Å²) in [4.78, 5) is 7.13. The second kappa shape index (κ2) is 6.48. The minimum atomic E-state index is 0.557. The lowest BCUT2D eigenvalue weighted by Gasteiger charge is -2.28. The van der Waals surface area contributed by atoms with Crippen LogP contribution in [0, 0.1) is 12.8 Å². The van der Waals surface area contributed by atoms with E-state index in [1.165, 1.54) is 0 Å². The van der Waals surface area contributed by atoms with Crippen molar-refractivity contribution in [3.8, 4) is 11.3 Å². The zero-order chi connectivity index (χ0) is 17.4. The lowest BCUT2D eigenvalue weighted by Crippen LogP contribution is -2.36. The predicted octanol–water partition coefficient (Wildman–Crippen LogP) is 2.39. The monoisotopic (exact) mass is 340 g/mol. The van der Waals surface area contributed by atoms with Crippen LogP contribution in [0.5, 0.6) is 0 Å². The topological polar surface area (TPSA) is 60.5 Å². The van der Waals surface area contributed by atoms with Gasteiger partial charge in [-0.05, 0) is 18.9 Å². The molecule has 25 heavy (non-hydrogen) atoms. The number of aromatic nitrogens is 5. The number of morpholine rings is 1. The molecule has 0 radical (unpaired) electrons. The lowest BCUT2D eigenvalue weighted by atomic mass is 10.2. The van der Waals surface area contributed by atoms with Gasteiger partial charge in [-0.15, -0.1) is 0 Å². The standard InChI is InChI=1S/C18H24N6O/c1-13(2)11-23-12-15(10-20-23)17-14(3)21-18-16(4-5-19-24(17)18)22-6-8-25-9-7-22/h4-5,10,12-13H,6-9,11H2,1-3H3. The van der Waals surface area contributed by atoms with Crippen molar-refractivity contribution < 1.29 is 4.74 Å². The van der Waals surface area contributed by atoms with Crippen LogP contribution in [0.2, 0.25) is 0 Å². The molecule has 0 aliphatic carbocycles. The molecule has 0 saturated carbocycles. The fourth-order valence-corrected chi connectivity index (χ4v) is 3.38. The molecule has 4 rings (SSSR count). The minimum absolute atomic E-state index is 0.557. The average molecular weight is 340 g/mol. The third kappa shape index (κ3) is 3.00. The Morgan fingerprint density at radius 1 is 1.20 bits per heavy atom. The van der Waals surface area contributed by atoms with Crippen LogP contribution in [-0.4, -0.2) is 50.7 Å². The number of aryl methyl sites for hydroxylation is 1. The van der Waals surface area contributed by atoms with Gasteiger partial charge in [0, 0.05) is 31.4 Å². The smallest absolute Gasteiger partial charge is 0.178 e. The van der Waals surface area contributed by atoms with E-state index in [-0.39, 0.29) is 0 Å². The van der Waals surface area contributed by atoms with E-state index in [1.807, 2.05) is 34.6 Å². The van der Waals surface area contributed by atoms with Gasteiger partial charge in [0.15, 0.2) is 5.65 Å². The molecule has 0 amide bonds. The molecular weight excluding hydrogens is 316 g/mol. The van der Waals surface area contributed by atoms with Crippen molar-refractivity contribution in [3.05, 3.63) is 30.4 Å². The Morgan fingerprint density at radius 2 is 2.00 bits per heavy atom. The summed E-state index contributed by atoms with van der Waals surface area (Å²) in [5.74, 6) is 0.557. The molecule has 1 aliphatic heterocycles. The van der Waals surface area contributed by atoms with Crippen LogP contribution in [-0.2, 0) is 11.3 Å². The first-order valence-electron chi connectivity index (χ1n) is 8.83. The van der Waals surface area contributed by atoms with Gasteiger partial charge in [0.25, 0.3) is 0 Å². The summed E-state index contributed by atoms with van der Waals surface area (Å²) in [5.41, 5.74) is 5.05. The van der Waals surface area contributed by atoms with Crippen molar-refractivity contribution >= 4 is 11.3 Å². The third-order valence-corrected chi connectivity index (χ3v) is 4.48. The van der Waals surface area contributed by atoms with Crippen LogP contribution >= 0.6 is 0 Å². The molecule has 3 aromatic rings. The predicted molar refractivity (Wildman–Crippen MR) is 96.8 cm³/mol. The van der Waals surface area contributed by atoms with E-state index in [4.69, 9.17) is 9.72 Å². The first kappa shape index (κ1) is 16.1. The SMILES string of the molecule is Cc1nc2c(N3CCOCC3)ccnn2c1-c1cnn(CC(C)C)c1. The molecular formula is C18H24N6O. The maximum absolute atomic E-state index is 5.47. The number of rotatable bonds is 4. The molecule has 1 aliphatic rings. The first-order chi connectivity index (χ1) is 12.1. The van der Waals surface area contributed by atoms with E-state index in [2.05, 4.69) is 35.1 Å². The van der Waals surface area contributed by atoms with Gasteiger partial charge in [-0.25, -0.2) is 9.50 Å². The molecule has 0 spiro atoms. The minimum Gasteiger partial charge on any atom is -0.378 e. The lowest BCUT2D eigenvalue weighted by molar-refractivity contribution is 0.123. The fourth-order valence-electron chi connectivity index (χ4n) is 3.38. The highest BCUT2D eigenvalue weighted by Gasteiger charge is 2.20. The second-order valence-corrected chi connectivity index (χ2v) is 6.94. The van der Waals surface area contributed by atoms with Crippen LogP contribution in [0.4, 0.5) is 5.69 Å². The van der Waals surface area contributed by atoms with E-state index in [0.29, 0.717) is 5.92 Å². The number of nitrogens with zero attached hydrogens (tertiary/aromatic N) is 6. The summed E-state index contributed by atoms with van der Waals surface area (Å²) in [6, 6.07) is 2.04. The molecule has 1 fully saturated rings. The summed E-state index contributed by atoms with van der Waals surface area (Å²) in [6.07, 6.45) is 5.84. The highest BCUT2D eigenvalue weighted by atomic mass is 16.5. The van der Waals surface area contributed by atoms with E-state index in [9.17, 15) is 0 Å². The zero-order valence-corrected chi connectivity index (χ0v) is 15.0. The molecule has 0 unspecified atom stereocenters. The van der Waals surface area contributed by atoms with Crippen LogP contribution < -0.4 is 4.90 Å².